The van der Waals surface area contributed by atoms with Gasteiger partial charge in [-0.2, -0.15) is 0 Å². The number of methoxy groups -OCH3 is 1. The van der Waals surface area contributed by atoms with Crippen molar-refractivity contribution < 1.29 is 19.2 Å². The van der Waals surface area contributed by atoms with Crippen LogP contribution < -0.4 is 14.4 Å². The number of hydrogen-bond donors (Lipinski definition) is 0. The Bertz CT molecular complexity index is 1190. The number of rotatable bonds is 5. The number of anilines is 1. The lowest BCUT2D eigenvalue weighted by molar-refractivity contribution is -0.383. The average molecular weight is 437 g/mol. The van der Waals surface area contributed by atoms with Crippen LogP contribution in [0.4, 0.5) is 11.4 Å². The van der Waals surface area contributed by atoms with Crippen LogP contribution in [0.1, 0.15) is 37.4 Å². The Morgan fingerprint density at radius 1 is 1.09 bits per heavy atom. The lowest BCUT2D eigenvalue weighted by Crippen LogP contribution is -2.30. The summed E-state index contributed by atoms with van der Waals surface area (Å²) in [6, 6.07) is 9.16. The van der Waals surface area contributed by atoms with Gasteiger partial charge in [-0.3, -0.25) is 14.9 Å². The molecule has 1 fully saturated rings. The van der Waals surface area contributed by atoms with Crippen LogP contribution >= 0.6 is 0 Å². The minimum Gasteiger partial charge on any atom is -0.497 e. The Morgan fingerprint density at radius 3 is 2.31 bits per heavy atom. The molecule has 0 aliphatic carbocycles. The van der Waals surface area contributed by atoms with E-state index in [1.54, 1.807) is 20.1 Å². The maximum atomic E-state index is 12.2. The van der Waals surface area contributed by atoms with Gasteiger partial charge in [0, 0.05) is 25.7 Å². The number of hydrogen-bond acceptors (Lipinski definition) is 6. The van der Waals surface area contributed by atoms with Gasteiger partial charge < -0.3 is 18.9 Å². The van der Waals surface area contributed by atoms with Crippen molar-refractivity contribution in [1.82, 2.24) is 4.57 Å². The van der Waals surface area contributed by atoms with Crippen LogP contribution in [0.15, 0.2) is 30.3 Å². The van der Waals surface area contributed by atoms with E-state index in [-0.39, 0.29) is 10.6 Å². The van der Waals surface area contributed by atoms with Crippen LogP contribution in [0, 0.1) is 24.0 Å². The Kier molecular flexibility index (Phi) is 5.78. The Balaban J connectivity index is 2.13. The molecule has 0 N–H and O–H groups in total. The number of fused-ring (bicyclic) bond motifs is 1. The molecule has 1 aliphatic rings. The van der Waals surface area contributed by atoms with Gasteiger partial charge >= 0.3 is 5.97 Å². The van der Waals surface area contributed by atoms with E-state index in [1.165, 1.54) is 6.92 Å². The highest BCUT2D eigenvalue weighted by Gasteiger charge is 2.32. The summed E-state index contributed by atoms with van der Waals surface area (Å²) in [7, 11) is 1.60. The Labute approximate surface area is 186 Å². The van der Waals surface area contributed by atoms with E-state index in [9.17, 15) is 14.9 Å². The standard InChI is InChI=1S/C24H27N3O5/c1-15-14-20(32-17(3)28)23(25-12-6-5-7-13-25)24-21(15)22(27(29)30)16(2)26(24)18-8-10-19(31-4)11-9-18/h8-11,14H,5-7,12-13H2,1-4H3. The van der Waals surface area contributed by atoms with Crippen molar-refractivity contribution >= 4 is 28.2 Å². The van der Waals surface area contributed by atoms with Crippen molar-refractivity contribution in [3.8, 4) is 17.2 Å². The summed E-state index contributed by atoms with van der Waals surface area (Å²) in [6.45, 7) is 6.54. The third kappa shape index (κ3) is 3.66. The van der Waals surface area contributed by atoms with Crippen LogP contribution in [-0.4, -0.2) is 35.7 Å². The molecule has 1 aromatic heterocycles. The number of nitro groups is 1. The third-order valence-electron chi connectivity index (χ3n) is 6.01. The van der Waals surface area contributed by atoms with Crippen LogP contribution in [0.3, 0.4) is 0 Å². The second-order valence-electron chi connectivity index (χ2n) is 8.13. The van der Waals surface area contributed by atoms with E-state index in [4.69, 9.17) is 9.47 Å². The van der Waals surface area contributed by atoms with Gasteiger partial charge in [-0.15, -0.1) is 0 Å². The number of aromatic nitrogens is 1. The van der Waals surface area contributed by atoms with Crippen molar-refractivity contribution in [2.24, 2.45) is 0 Å². The largest absolute Gasteiger partial charge is 0.497 e. The summed E-state index contributed by atoms with van der Waals surface area (Å²) in [5, 5.41) is 12.7. The van der Waals surface area contributed by atoms with Crippen molar-refractivity contribution in [2.75, 3.05) is 25.1 Å². The topological polar surface area (TPSA) is 86.8 Å². The predicted octanol–water partition coefficient (Wildman–Crippen LogP) is 5.08. The second kappa shape index (κ2) is 8.53. The number of carbonyl (C=O) groups excluding carboxylic acids is 1. The molecule has 168 valence electrons. The predicted molar refractivity (Wildman–Crippen MR) is 123 cm³/mol. The number of carbonyl (C=O) groups is 1. The zero-order valence-corrected chi connectivity index (χ0v) is 18.8. The van der Waals surface area contributed by atoms with Gasteiger partial charge in [0.1, 0.15) is 11.4 Å². The molecule has 0 bridgehead atoms. The summed E-state index contributed by atoms with van der Waals surface area (Å²) < 4.78 is 12.8. The molecule has 3 aromatic rings. The molecular formula is C24H27N3O5. The zero-order chi connectivity index (χ0) is 23.0. The second-order valence-corrected chi connectivity index (χ2v) is 8.13. The van der Waals surface area contributed by atoms with Gasteiger partial charge in [-0.05, 0) is 69.0 Å². The molecule has 0 unspecified atom stereocenters. The lowest BCUT2D eigenvalue weighted by Gasteiger charge is -2.31. The summed E-state index contributed by atoms with van der Waals surface area (Å²) in [6.07, 6.45) is 3.16. The van der Waals surface area contributed by atoms with E-state index in [1.807, 2.05) is 35.8 Å². The fraction of sp³-hybridized carbons (Fsp3) is 0.375. The normalized spacial score (nSPS) is 13.9. The smallest absolute Gasteiger partial charge is 0.308 e. The summed E-state index contributed by atoms with van der Waals surface area (Å²) in [5.74, 6) is 0.716. The van der Waals surface area contributed by atoms with Gasteiger partial charge in [0.15, 0.2) is 5.75 Å². The van der Waals surface area contributed by atoms with Crippen molar-refractivity contribution in [3.05, 3.63) is 51.7 Å². The molecular weight excluding hydrogens is 410 g/mol. The highest BCUT2D eigenvalue weighted by atomic mass is 16.6. The lowest BCUT2D eigenvalue weighted by atomic mass is 10.0. The number of nitrogens with zero attached hydrogens (tertiary/aromatic N) is 3. The Hall–Kier alpha value is -3.55. The first-order valence-electron chi connectivity index (χ1n) is 10.7. The minimum absolute atomic E-state index is 0.0703. The number of esters is 1. The third-order valence-corrected chi connectivity index (χ3v) is 6.01. The highest BCUT2D eigenvalue weighted by Crippen LogP contribution is 2.47. The molecule has 32 heavy (non-hydrogen) atoms. The number of piperidine rings is 1. The molecule has 0 radical (unpaired) electrons. The fourth-order valence-corrected chi connectivity index (χ4v) is 4.66. The van der Waals surface area contributed by atoms with Crippen LogP contribution in [0.2, 0.25) is 0 Å². The molecule has 4 rings (SSSR count). The van der Waals surface area contributed by atoms with Crippen LogP contribution in [-0.2, 0) is 4.79 Å². The first-order chi connectivity index (χ1) is 15.3. The molecule has 0 atom stereocenters. The molecule has 2 aromatic carbocycles. The van der Waals surface area contributed by atoms with Gasteiger partial charge in [-0.25, -0.2) is 0 Å². The fourth-order valence-electron chi connectivity index (χ4n) is 4.66. The molecule has 1 aliphatic heterocycles. The molecule has 8 nitrogen and oxygen atoms in total. The van der Waals surface area contributed by atoms with E-state index in [2.05, 4.69) is 4.90 Å². The molecule has 2 heterocycles. The SMILES string of the molecule is COc1ccc(-n2c(C)c([N+](=O)[O-])c3c(C)cc(OC(C)=O)c(N4CCCCC4)c32)cc1. The monoisotopic (exact) mass is 437 g/mol. The van der Waals surface area contributed by atoms with Gasteiger partial charge in [0.05, 0.1) is 28.6 Å². The minimum atomic E-state index is -0.421. The average Bonchev–Trinajstić information content (AvgIpc) is 3.07. The first kappa shape index (κ1) is 21.7. The molecule has 0 amide bonds. The number of ether oxygens (including phenoxy) is 2. The van der Waals surface area contributed by atoms with Crippen molar-refractivity contribution in [2.45, 2.75) is 40.0 Å². The quantitative estimate of drug-likeness (QED) is 0.239. The molecule has 0 spiro atoms. The van der Waals surface area contributed by atoms with Gasteiger partial charge in [0.25, 0.3) is 5.69 Å². The maximum absolute atomic E-state index is 12.2. The van der Waals surface area contributed by atoms with Crippen molar-refractivity contribution in [1.29, 1.82) is 0 Å². The summed E-state index contributed by atoms with van der Waals surface area (Å²) >= 11 is 0. The first-order valence-corrected chi connectivity index (χ1v) is 10.7. The van der Waals surface area contributed by atoms with Gasteiger partial charge in [-0.1, -0.05) is 0 Å². The summed E-state index contributed by atoms with van der Waals surface area (Å²) in [4.78, 5) is 26.0. The van der Waals surface area contributed by atoms with E-state index >= 15 is 0 Å². The van der Waals surface area contributed by atoms with E-state index in [0.29, 0.717) is 33.7 Å². The molecule has 8 heteroatoms. The summed E-state index contributed by atoms with van der Waals surface area (Å²) in [5.41, 5.74) is 3.49. The maximum Gasteiger partial charge on any atom is 0.308 e. The van der Waals surface area contributed by atoms with Crippen LogP contribution in [0.5, 0.6) is 11.5 Å². The Morgan fingerprint density at radius 2 is 1.75 bits per heavy atom. The number of benzene rings is 2. The highest BCUT2D eigenvalue weighted by molar-refractivity contribution is 6.05. The zero-order valence-electron chi connectivity index (χ0n) is 18.8. The van der Waals surface area contributed by atoms with E-state index in [0.717, 1.165) is 43.7 Å². The van der Waals surface area contributed by atoms with Crippen LogP contribution in [0.25, 0.3) is 16.6 Å². The molecule has 0 saturated carbocycles. The van der Waals surface area contributed by atoms with Crippen molar-refractivity contribution in [3.63, 3.8) is 0 Å². The number of aryl methyl sites for hydroxylation is 1. The van der Waals surface area contributed by atoms with E-state index < -0.39 is 5.97 Å². The molecule has 1 saturated heterocycles. The van der Waals surface area contributed by atoms with Gasteiger partial charge in [0.2, 0.25) is 0 Å².